The minimum atomic E-state index is 0.0235. The highest BCUT2D eigenvalue weighted by Crippen LogP contribution is 2.38. The van der Waals surface area contributed by atoms with Gasteiger partial charge >= 0.3 is 0 Å². The van der Waals surface area contributed by atoms with Crippen LogP contribution >= 0.6 is 0 Å². The topological polar surface area (TPSA) is 47.7 Å². The monoisotopic (exact) mass is 326 g/mol. The van der Waals surface area contributed by atoms with E-state index in [4.69, 9.17) is 15.2 Å². The summed E-state index contributed by atoms with van der Waals surface area (Å²) in [7, 11) is 3.36. The molecule has 4 heteroatoms. The lowest BCUT2D eigenvalue weighted by Crippen LogP contribution is -2.38. The lowest BCUT2D eigenvalue weighted by atomic mass is 9.92. The first-order chi connectivity index (χ1) is 11.6. The molecule has 1 aliphatic rings. The van der Waals surface area contributed by atoms with Crippen LogP contribution in [0.2, 0.25) is 0 Å². The van der Waals surface area contributed by atoms with Crippen molar-refractivity contribution in [2.24, 2.45) is 5.73 Å². The number of methoxy groups -OCH3 is 2. The molecule has 0 saturated heterocycles. The third-order valence-corrected chi connectivity index (χ3v) is 4.97. The van der Waals surface area contributed by atoms with Crippen molar-refractivity contribution in [3.8, 4) is 11.5 Å². The summed E-state index contributed by atoms with van der Waals surface area (Å²) >= 11 is 0. The second-order valence-electron chi connectivity index (χ2n) is 6.34. The lowest BCUT2D eigenvalue weighted by molar-refractivity contribution is 0.186. The second-order valence-corrected chi connectivity index (χ2v) is 6.34. The van der Waals surface area contributed by atoms with E-state index in [0.29, 0.717) is 6.04 Å². The number of fused-ring (bicyclic) bond motifs is 1. The molecular formula is C20H26N2O2. The molecule has 128 valence electrons. The van der Waals surface area contributed by atoms with Crippen LogP contribution in [0.25, 0.3) is 0 Å². The van der Waals surface area contributed by atoms with E-state index in [-0.39, 0.29) is 6.04 Å². The zero-order valence-corrected chi connectivity index (χ0v) is 14.7. The van der Waals surface area contributed by atoms with Gasteiger partial charge in [0.25, 0.3) is 0 Å². The summed E-state index contributed by atoms with van der Waals surface area (Å²) in [5.74, 6) is 1.59. The van der Waals surface area contributed by atoms with Gasteiger partial charge in [-0.2, -0.15) is 0 Å². The second kappa shape index (κ2) is 7.24. The zero-order chi connectivity index (χ0) is 17.1. The van der Waals surface area contributed by atoms with Crippen molar-refractivity contribution in [3.05, 3.63) is 59.2 Å². The standard InChI is InChI=1S/C20H26N2O2/c1-14-17-12-20(24-3)19(23-2)11-16(17)9-10-22(14)13-18(21)15-7-5-4-6-8-15/h4-8,11-12,14,18H,9-10,13,21H2,1-3H3. The molecule has 1 aliphatic heterocycles. The van der Waals surface area contributed by atoms with Crippen LogP contribution in [0.4, 0.5) is 0 Å². The lowest BCUT2D eigenvalue weighted by Gasteiger charge is -2.37. The SMILES string of the molecule is COc1cc2c(cc1OC)C(C)N(CC(N)c1ccccc1)CC2. The molecule has 0 aromatic heterocycles. The maximum absolute atomic E-state index is 6.42. The van der Waals surface area contributed by atoms with Crippen LogP contribution in [-0.4, -0.2) is 32.2 Å². The van der Waals surface area contributed by atoms with E-state index in [1.165, 1.54) is 16.7 Å². The van der Waals surface area contributed by atoms with Crippen molar-refractivity contribution in [2.75, 3.05) is 27.3 Å². The van der Waals surface area contributed by atoms with Gasteiger partial charge in [-0.3, -0.25) is 4.90 Å². The first kappa shape index (κ1) is 16.8. The number of hydrogen-bond donors (Lipinski definition) is 1. The molecule has 2 N–H and O–H groups in total. The van der Waals surface area contributed by atoms with Gasteiger partial charge in [0.15, 0.2) is 11.5 Å². The van der Waals surface area contributed by atoms with Crippen molar-refractivity contribution in [2.45, 2.75) is 25.4 Å². The van der Waals surface area contributed by atoms with Crippen LogP contribution < -0.4 is 15.2 Å². The third-order valence-electron chi connectivity index (χ3n) is 4.97. The maximum Gasteiger partial charge on any atom is 0.161 e. The van der Waals surface area contributed by atoms with E-state index in [1.807, 2.05) is 18.2 Å². The minimum absolute atomic E-state index is 0.0235. The molecule has 24 heavy (non-hydrogen) atoms. The van der Waals surface area contributed by atoms with Gasteiger partial charge in [0.1, 0.15) is 0 Å². The predicted molar refractivity (Wildman–Crippen MR) is 96.6 cm³/mol. The molecular weight excluding hydrogens is 300 g/mol. The smallest absolute Gasteiger partial charge is 0.161 e. The van der Waals surface area contributed by atoms with Crippen molar-refractivity contribution >= 4 is 0 Å². The van der Waals surface area contributed by atoms with Gasteiger partial charge in [0.2, 0.25) is 0 Å². The van der Waals surface area contributed by atoms with Crippen molar-refractivity contribution in [1.29, 1.82) is 0 Å². The first-order valence-corrected chi connectivity index (χ1v) is 8.43. The number of hydrogen-bond acceptors (Lipinski definition) is 4. The van der Waals surface area contributed by atoms with Gasteiger partial charge in [0.05, 0.1) is 14.2 Å². The molecule has 0 fully saturated rings. The molecule has 0 radical (unpaired) electrons. The number of nitrogens with two attached hydrogens (primary N) is 1. The molecule has 0 spiro atoms. The fourth-order valence-corrected chi connectivity index (χ4v) is 3.50. The van der Waals surface area contributed by atoms with E-state index in [1.54, 1.807) is 14.2 Å². The Hall–Kier alpha value is -2.04. The predicted octanol–water partition coefficient (Wildman–Crippen LogP) is 3.32. The fourth-order valence-electron chi connectivity index (χ4n) is 3.50. The molecule has 4 nitrogen and oxygen atoms in total. The van der Waals surface area contributed by atoms with E-state index in [9.17, 15) is 0 Å². The first-order valence-electron chi connectivity index (χ1n) is 8.43. The highest BCUT2D eigenvalue weighted by Gasteiger charge is 2.27. The highest BCUT2D eigenvalue weighted by molar-refractivity contribution is 5.49. The van der Waals surface area contributed by atoms with Gasteiger partial charge in [-0.15, -0.1) is 0 Å². The van der Waals surface area contributed by atoms with E-state index >= 15 is 0 Å². The summed E-state index contributed by atoms with van der Waals surface area (Å²) < 4.78 is 10.9. The summed E-state index contributed by atoms with van der Waals surface area (Å²) in [6.07, 6.45) is 1.00. The Morgan fingerprint density at radius 2 is 1.79 bits per heavy atom. The molecule has 0 aliphatic carbocycles. The Morgan fingerprint density at radius 3 is 2.46 bits per heavy atom. The third kappa shape index (κ3) is 3.25. The molecule has 2 aromatic carbocycles. The normalized spacial score (nSPS) is 18.8. The van der Waals surface area contributed by atoms with Crippen LogP contribution in [0.15, 0.2) is 42.5 Å². The van der Waals surface area contributed by atoms with E-state index in [2.05, 4.69) is 36.1 Å². The Bertz CT molecular complexity index is 688. The Labute approximate surface area is 144 Å². The molecule has 0 saturated carbocycles. The van der Waals surface area contributed by atoms with Crippen LogP contribution in [-0.2, 0) is 6.42 Å². The van der Waals surface area contributed by atoms with Crippen LogP contribution in [0.1, 0.15) is 35.7 Å². The van der Waals surface area contributed by atoms with Crippen LogP contribution in [0, 0.1) is 0 Å². The Kier molecular flexibility index (Phi) is 5.07. The molecule has 2 atom stereocenters. The molecule has 3 rings (SSSR count). The fraction of sp³-hybridized carbons (Fsp3) is 0.400. The highest BCUT2D eigenvalue weighted by atomic mass is 16.5. The average Bonchev–Trinajstić information content (AvgIpc) is 2.63. The number of ether oxygens (including phenoxy) is 2. The molecule has 2 unspecified atom stereocenters. The summed E-state index contributed by atoms with van der Waals surface area (Å²) in [6, 6.07) is 14.9. The zero-order valence-electron chi connectivity index (χ0n) is 14.7. The average molecular weight is 326 g/mol. The van der Waals surface area contributed by atoms with E-state index < -0.39 is 0 Å². The number of benzene rings is 2. The molecule has 0 amide bonds. The van der Waals surface area contributed by atoms with Crippen molar-refractivity contribution in [1.82, 2.24) is 4.90 Å². The minimum Gasteiger partial charge on any atom is -0.493 e. The molecule has 0 bridgehead atoms. The van der Waals surface area contributed by atoms with Gasteiger partial charge < -0.3 is 15.2 Å². The Morgan fingerprint density at radius 1 is 1.12 bits per heavy atom. The number of rotatable bonds is 5. The summed E-state index contributed by atoms with van der Waals surface area (Å²) in [6.45, 7) is 4.09. The summed E-state index contributed by atoms with van der Waals surface area (Å²) in [5, 5.41) is 0. The van der Waals surface area contributed by atoms with Gasteiger partial charge in [-0.05, 0) is 42.2 Å². The summed E-state index contributed by atoms with van der Waals surface area (Å²) in [5.41, 5.74) is 10.2. The van der Waals surface area contributed by atoms with E-state index in [0.717, 1.165) is 31.0 Å². The van der Waals surface area contributed by atoms with Crippen molar-refractivity contribution in [3.63, 3.8) is 0 Å². The molecule has 1 heterocycles. The van der Waals surface area contributed by atoms with Crippen LogP contribution in [0.5, 0.6) is 11.5 Å². The summed E-state index contributed by atoms with van der Waals surface area (Å²) in [4.78, 5) is 2.45. The Balaban J connectivity index is 1.80. The van der Waals surface area contributed by atoms with Gasteiger partial charge in [-0.1, -0.05) is 30.3 Å². The maximum atomic E-state index is 6.42. The van der Waals surface area contributed by atoms with Gasteiger partial charge in [0, 0.05) is 25.2 Å². The number of nitrogens with zero attached hydrogens (tertiary/aromatic N) is 1. The van der Waals surface area contributed by atoms with Crippen LogP contribution in [0.3, 0.4) is 0 Å². The largest absolute Gasteiger partial charge is 0.493 e. The van der Waals surface area contributed by atoms with Gasteiger partial charge in [-0.25, -0.2) is 0 Å². The van der Waals surface area contributed by atoms with Crippen molar-refractivity contribution < 1.29 is 9.47 Å². The molecule has 2 aromatic rings. The quantitative estimate of drug-likeness (QED) is 0.915.